The van der Waals surface area contributed by atoms with Crippen LogP contribution < -0.4 is 5.32 Å². The number of aromatic nitrogens is 2. The summed E-state index contributed by atoms with van der Waals surface area (Å²) in [5.41, 5.74) is 1.70. The zero-order chi connectivity index (χ0) is 17.2. The van der Waals surface area contributed by atoms with E-state index in [0.29, 0.717) is 5.82 Å². The van der Waals surface area contributed by atoms with E-state index in [0.717, 1.165) is 40.2 Å². The maximum atomic E-state index is 13.9. The molecule has 0 radical (unpaired) electrons. The van der Waals surface area contributed by atoms with E-state index in [1.165, 1.54) is 0 Å². The first-order valence-corrected chi connectivity index (χ1v) is 7.75. The fourth-order valence-electron chi connectivity index (χ4n) is 2.73. The SMILES string of the molecule is Fc1ccc(F)c(Nc2nnc(-c3ccccc3)c3ccccc23)c1. The van der Waals surface area contributed by atoms with Crippen LogP contribution in [-0.2, 0) is 0 Å². The zero-order valence-electron chi connectivity index (χ0n) is 13.1. The Balaban J connectivity index is 1.85. The maximum absolute atomic E-state index is 13.9. The molecule has 3 aromatic carbocycles. The van der Waals surface area contributed by atoms with Crippen LogP contribution in [0.5, 0.6) is 0 Å². The van der Waals surface area contributed by atoms with E-state index < -0.39 is 11.6 Å². The Labute approximate surface area is 143 Å². The molecule has 4 aromatic rings. The highest BCUT2D eigenvalue weighted by Crippen LogP contribution is 2.31. The van der Waals surface area contributed by atoms with Crippen LogP contribution in [0.3, 0.4) is 0 Å². The second-order valence-electron chi connectivity index (χ2n) is 5.56. The zero-order valence-corrected chi connectivity index (χ0v) is 13.1. The van der Waals surface area contributed by atoms with Crippen molar-refractivity contribution >= 4 is 22.3 Å². The summed E-state index contributed by atoms with van der Waals surface area (Å²) in [4.78, 5) is 0. The minimum absolute atomic E-state index is 0.0203. The lowest BCUT2D eigenvalue weighted by atomic mass is 10.0. The number of anilines is 2. The van der Waals surface area contributed by atoms with Crippen molar-refractivity contribution in [3.8, 4) is 11.3 Å². The van der Waals surface area contributed by atoms with Crippen LogP contribution >= 0.6 is 0 Å². The maximum Gasteiger partial charge on any atom is 0.161 e. The summed E-state index contributed by atoms with van der Waals surface area (Å²) in [7, 11) is 0. The quantitative estimate of drug-likeness (QED) is 0.551. The van der Waals surface area contributed by atoms with Gasteiger partial charge < -0.3 is 5.32 Å². The Kier molecular flexibility index (Phi) is 3.82. The van der Waals surface area contributed by atoms with E-state index in [1.807, 2.05) is 54.6 Å². The second kappa shape index (κ2) is 6.28. The summed E-state index contributed by atoms with van der Waals surface area (Å²) < 4.78 is 27.3. The van der Waals surface area contributed by atoms with Gasteiger partial charge in [-0.15, -0.1) is 10.2 Å². The molecule has 0 saturated heterocycles. The van der Waals surface area contributed by atoms with Crippen LogP contribution in [0.1, 0.15) is 0 Å². The van der Waals surface area contributed by atoms with Gasteiger partial charge in [-0.3, -0.25) is 0 Å². The van der Waals surface area contributed by atoms with Crippen LogP contribution in [0.25, 0.3) is 22.0 Å². The molecule has 0 aliphatic carbocycles. The number of rotatable bonds is 3. The van der Waals surface area contributed by atoms with Crippen molar-refractivity contribution in [1.82, 2.24) is 10.2 Å². The van der Waals surface area contributed by atoms with Gasteiger partial charge >= 0.3 is 0 Å². The standard InChI is InChI=1S/C20H13F2N3/c21-14-10-11-17(22)18(12-14)23-20-16-9-5-4-8-15(16)19(24-25-20)13-6-2-1-3-7-13/h1-12H,(H,23,25). The Morgan fingerprint density at radius 3 is 2.24 bits per heavy atom. The monoisotopic (exact) mass is 333 g/mol. The first kappa shape index (κ1) is 15.2. The number of fused-ring (bicyclic) bond motifs is 1. The molecule has 1 heterocycles. The topological polar surface area (TPSA) is 37.8 Å². The minimum atomic E-state index is -0.556. The normalized spacial score (nSPS) is 10.8. The second-order valence-corrected chi connectivity index (χ2v) is 5.56. The lowest BCUT2D eigenvalue weighted by Gasteiger charge is -2.11. The van der Waals surface area contributed by atoms with Crippen molar-refractivity contribution < 1.29 is 8.78 Å². The Bertz CT molecular complexity index is 1050. The van der Waals surface area contributed by atoms with E-state index in [4.69, 9.17) is 0 Å². The van der Waals surface area contributed by atoms with Crippen LogP contribution in [0.4, 0.5) is 20.3 Å². The third kappa shape index (κ3) is 2.92. The van der Waals surface area contributed by atoms with Crippen LogP contribution in [0.2, 0.25) is 0 Å². The van der Waals surface area contributed by atoms with Crippen molar-refractivity contribution in [2.75, 3.05) is 5.32 Å². The number of hydrogen-bond donors (Lipinski definition) is 1. The fraction of sp³-hybridized carbons (Fsp3) is 0. The highest BCUT2D eigenvalue weighted by atomic mass is 19.1. The molecular weight excluding hydrogens is 320 g/mol. The molecule has 0 fully saturated rings. The lowest BCUT2D eigenvalue weighted by Crippen LogP contribution is -2.01. The highest BCUT2D eigenvalue weighted by Gasteiger charge is 2.12. The molecule has 4 rings (SSSR count). The number of benzene rings is 3. The predicted octanol–water partition coefficient (Wildman–Crippen LogP) is 5.32. The van der Waals surface area contributed by atoms with Gasteiger partial charge in [-0.1, -0.05) is 54.6 Å². The van der Waals surface area contributed by atoms with Crippen molar-refractivity contribution in [2.45, 2.75) is 0 Å². The highest BCUT2D eigenvalue weighted by molar-refractivity contribution is 6.00. The van der Waals surface area contributed by atoms with E-state index in [9.17, 15) is 8.78 Å². The van der Waals surface area contributed by atoms with Crippen LogP contribution in [0, 0.1) is 11.6 Å². The Hall–Kier alpha value is -3.34. The van der Waals surface area contributed by atoms with E-state index in [1.54, 1.807) is 0 Å². The molecule has 0 amide bonds. The van der Waals surface area contributed by atoms with Gasteiger partial charge in [0, 0.05) is 22.4 Å². The summed E-state index contributed by atoms with van der Waals surface area (Å²) in [6.07, 6.45) is 0. The third-order valence-electron chi connectivity index (χ3n) is 3.92. The van der Waals surface area contributed by atoms with Gasteiger partial charge in [0.1, 0.15) is 17.3 Å². The number of halogens is 2. The van der Waals surface area contributed by atoms with Crippen molar-refractivity contribution in [1.29, 1.82) is 0 Å². The van der Waals surface area contributed by atoms with Crippen molar-refractivity contribution in [2.24, 2.45) is 0 Å². The molecule has 5 heteroatoms. The molecule has 25 heavy (non-hydrogen) atoms. The van der Waals surface area contributed by atoms with E-state index >= 15 is 0 Å². The molecule has 0 unspecified atom stereocenters. The molecule has 3 nitrogen and oxygen atoms in total. The van der Waals surface area contributed by atoms with E-state index in [2.05, 4.69) is 15.5 Å². The Morgan fingerprint density at radius 1 is 0.720 bits per heavy atom. The largest absolute Gasteiger partial charge is 0.336 e. The predicted molar refractivity (Wildman–Crippen MR) is 94.6 cm³/mol. The summed E-state index contributed by atoms with van der Waals surface area (Å²) >= 11 is 0. The average Bonchev–Trinajstić information content (AvgIpc) is 2.66. The summed E-state index contributed by atoms with van der Waals surface area (Å²) in [5.74, 6) is -0.707. The molecule has 0 aliphatic heterocycles. The van der Waals surface area contributed by atoms with Crippen molar-refractivity contribution in [3.05, 3.63) is 84.4 Å². The van der Waals surface area contributed by atoms with Gasteiger partial charge in [0.15, 0.2) is 5.82 Å². The number of hydrogen-bond acceptors (Lipinski definition) is 3. The van der Waals surface area contributed by atoms with Crippen molar-refractivity contribution in [3.63, 3.8) is 0 Å². The molecule has 1 N–H and O–H groups in total. The molecule has 0 bridgehead atoms. The lowest BCUT2D eigenvalue weighted by molar-refractivity contribution is 0.603. The van der Waals surface area contributed by atoms with Gasteiger partial charge in [0.25, 0.3) is 0 Å². The van der Waals surface area contributed by atoms with Crippen LogP contribution in [0.15, 0.2) is 72.8 Å². The van der Waals surface area contributed by atoms with Gasteiger partial charge in [0.05, 0.1) is 5.69 Å². The van der Waals surface area contributed by atoms with E-state index in [-0.39, 0.29) is 5.69 Å². The van der Waals surface area contributed by atoms with Gasteiger partial charge in [-0.2, -0.15) is 0 Å². The molecule has 122 valence electrons. The number of nitrogens with zero attached hydrogens (tertiary/aromatic N) is 2. The molecule has 0 aliphatic rings. The molecule has 1 aromatic heterocycles. The molecule has 0 atom stereocenters. The summed E-state index contributed by atoms with van der Waals surface area (Å²) in [6, 6.07) is 20.5. The van der Waals surface area contributed by atoms with Gasteiger partial charge in [-0.25, -0.2) is 8.78 Å². The number of nitrogens with one attached hydrogen (secondary N) is 1. The minimum Gasteiger partial charge on any atom is -0.336 e. The first-order chi connectivity index (χ1) is 12.2. The average molecular weight is 333 g/mol. The van der Waals surface area contributed by atoms with Crippen LogP contribution in [-0.4, -0.2) is 10.2 Å². The van der Waals surface area contributed by atoms with Gasteiger partial charge in [-0.05, 0) is 12.1 Å². The summed E-state index contributed by atoms with van der Waals surface area (Å²) in [6.45, 7) is 0. The third-order valence-corrected chi connectivity index (χ3v) is 3.92. The Morgan fingerprint density at radius 2 is 1.44 bits per heavy atom. The molecule has 0 saturated carbocycles. The fourth-order valence-corrected chi connectivity index (χ4v) is 2.73. The molecular formula is C20H13F2N3. The van der Waals surface area contributed by atoms with Gasteiger partial charge in [0.2, 0.25) is 0 Å². The first-order valence-electron chi connectivity index (χ1n) is 7.75. The summed E-state index contributed by atoms with van der Waals surface area (Å²) in [5, 5.41) is 13.0. The smallest absolute Gasteiger partial charge is 0.161 e. The molecule has 0 spiro atoms.